The highest BCUT2D eigenvalue weighted by Crippen LogP contribution is 2.24. The van der Waals surface area contributed by atoms with Crippen molar-refractivity contribution < 1.29 is 17.6 Å². The number of amides is 1. The van der Waals surface area contributed by atoms with E-state index >= 15 is 0 Å². The van der Waals surface area contributed by atoms with Gasteiger partial charge in [-0.3, -0.25) is 9.52 Å². The maximum Gasteiger partial charge on any atom is 0.261 e. The number of hydrogen-bond acceptors (Lipinski definition) is 3. The van der Waals surface area contributed by atoms with Crippen LogP contribution in [0.5, 0.6) is 0 Å². The van der Waals surface area contributed by atoms with E-state index in [-0.39, 0.29) is 10.6 Å². The van der Waals surface area contributed by atoms with E-state index in [4.69, 9.17) is 11.6 Å². The average Bonchev–Trinajstić information content (AvgIpc) is 2.71. The summed E-state index contributed by atoms with van der Waals surface area (Å²) in [7, 11) is -3.81. The van der Waals surface area contributed by atoms with Crippen LogP contribution in [0.4, 0.5) is 15.8 Å². The number of benzene rings is 3. The minimum absolute atomic E-state index is 0.0550. The molecule has 8 heteroatoms. The minimum Gasteiger partial charge on any atom is -0.322 e. The van der Waals surface area contributed by atoms with Crippen LogP contribution in [0.1, 0.15) is 11.1 Å². The van der Waals surface area contributed by atoms with Crippen molar-refractivity contribution >= 4 is 45.0 Å². The minimum atomic E-state index is -3.81. The van der Waals surface area contributed by atoms with Crippen LogP contribution < -0.4 is 10.0 Å². The van der Waals surface area contributed by atoms with E-state index in [2.05, 4.69) is 10.0 Å². The lowest BCUT2D eigenvalue weighted by atomic mass is 10.2. The lowest BCUT2D eigenvalue weighted by molar-refractivity contribution is -0.111. The van der Waals surface area contributed by atoms with E-state index in [1.165, 1.54) is 36.4 Å². The second-order valence-electron chi connectivity index (χ2n) is 6.44. The molecule has 0 radical (unpaired) electrons. The Kier molecular flexibility index (Phi) is 6.54. The van der Waals surface area contributed by atoms with Gasteiger partial charge in [-0.25, -0.2) is 12.8 Å². The Labute approximate surface area is 179 Å². The van der Waals surface area contributed by atoms with Crippen LogP contribution in [-0.2, 0) is 14.8 Å². The Hall–Kier alpha value is -3.16. The lowest BCUT2D eigenvalue weighted by Crippen LogP contribution is -2.13. The number of nitrogens with one attached hydrogen (secondary N) is 2. The summed E-state index contributed by atoms with van der Waals surface area (Å²) in [5, 5.41) is 2.90. The first-order valence-corrected chi connectivity index (χ1v) is 10.7. The van der Waals surface area contributed by atoms with Gasteiger partial charge in [-0.15, -0.1) is 0 Å². The molecule has 5 nitrogen and oxygen atoms in total. The van der Waals surface area contributed by atoms with Crippen molar-refractivity contribution in [2.75, 3.05) is 10.0 Å². The Bertz CT molecular complexity index is 1210. The van der Waals surface area contributed by atoms with Gasteiger partial charge in [0, 0.05) is 11.8 Å². The highest BCUT2D eigenvalue weighted by atomic mass is 35.5. The molecule has 1 amide bonds. The van der Waals surface area contributed by atoms with Crippen molar-refractivity contribution in [3.05, 3.63) is 94.8 Å². The third-order valence-electron chi connectivity index (χ3n) is 4.19. The maximum absolute atomic E-state index is 13.3. The molecule has 0 fully saturated rings. The van der Waals surface area contributed by atoms with E-state index in [0.717, 1.165) is 5.56 Å². The summed E-state index contributed by atoms with van der Waals surface area (Å²) in [6.45, 7) is 1.76. The number of anilines is 2. The summed E-state index contributed by atoms with van der Waals surface area (Å²) < 4.78 is 40.8. The monoisotopic (exact) mass is 444 g/mol. The first-order chi connectivity index (χ1) is 14.2. The molecule has 154 valence electrons. The number of carbonyl (C=O) groups excluding carboxylic acids is 1. The molecule has 2 N–H and O–H groups in total. The number of carbonyl (C=O) groups is 1. The zero-order chi connectivity index (χ0) is 21.7. The molecule has 30 heavy (non-hydrogen) atoms. The third kappa shape index (κ3) is 5.46. The molecule has 0 aliphatic heterocycles. The fourth-order valence-electron chi connectivity index (χ4n) is 2.58. The van der Waals surface area contributed by atoms with E-state index in [1.807, 2.05) is 0 Å². The van der Waals surface area contributed by atoms with Crippen LogP contribution in [0.3, 0.4) is 0 Å². The topological polar surface area (TPSA) is 75.3 Å². The molecule has 0 unspecified atom stereocenters. The summed E-state index contributed by atoms with van der Waals surface area (Å²) in [4.78, 5) is 12.1. The second-order valence-corrected chi connectivity index (χ2v) is 8.53. The van der Waals surface area contributed by atoms with Crippen LogP contribution >= 0.6 is 11.6 Å². The van der Waals surface area contributed by atoms with Gasteiger partial charge in [0.25, 0.3) is 10.0 Å². The fourth-order valence-corrected chi connectivity index (χ4v) is 3.90. The van der Waals surface area contributed by atoms with E-state index < -0.39 is 21.7 Å². The van der Waals surface area contributed by atoms with E-state index in [1.54, 1.807) is 49.4 Å². The van der Waals surface area contributed by atoms with Crippen molar-refractivity contribution in [3.8, 4) is 0 Å². The van der Waals surface area contributed by atoms with Gasteiger partial charge in [-0.2, -0.15) is 0 Å². The molecule has 3 aromatic rings. The van der Waals surface area contributed by atoms with Crippen LogP contribution in [-0.4, -0.2) is 14.3 Å². The molecule has 0 aliphatic rings. The summed E-state index contributed by atoms with van der Waals surface area (Å²) in [6, 6.07) is 16.6. The normalized spacial score (nSPS) is 11.4. The summed E-state index contributed by atoms with van der Waals surface area (Å²) in [5.74, 6) is -0.872. The Morgan fingerprint density at radius 1 is 1.00 bits per heavy atom. The largest absolute Gasteiger partial charge is 0.322 e. The van der Waals surface area contributed by atoms with E-state index in [0.29, 0.717) is 16.3 Å². The van der Waals surface area contributed by atoms with Gasteiger partial charge in [0.15, 0.2) is 0 Å². The Morgan fingerprint density at radius 3 is 2.40 bits per heavy atom. The number of aryl methyl sites for hydroxylation is 1. The summed E-state index contributed by atoms with van der Waals surface area (Å²) in [5.41, 5.74) is 2.03. The van der Waals surface area contributed by atoms with Gasteiger partial charge < -0.3 is 5.32 Å². The van der Waals surface area contributed by atoms with Crippen molar-refractivity contribution in [1.82, 2.24) is 0 Å². The van der Waals surface area contributed by atoms with Gasteiger partial charge in [0.1, 0.15) is 5.82 Å². The second kappa shape index (κ2) is 9.11. The smallest absolute Gasteiger partial charge is 0.261 e. The maximum atomic E-state index is 13.3. The molecule has 3 aromatic carbocycles. The molecule has 0 bridgehead atoms. The zero-order valence-electron chi connectivity index (χ0n) is 15.9. The van der Waals surface area contributed by atoms with Gasteiger partial charge in [-0.05, 0) is 60.5 Å². The first-order valence-electron chi connectivity index (χ1n) is 8.87. The van der Waals surface area contributed by atoms with Crippen molar-refractivity contribution in [1.29, 1.82) is 0 Å². The Morgan fingerprint density at radius 2 is 1.70 bits per heavy atom. The number of rotatable bonds is 6. The fraction of sp³-hybridized carbons (Fsp3) is 0.0455. The average molecular weight is 445 g/mol. The molecular weight excluding hydrogens is 427 g/mol. The molecule has 0 heterocycles. The first kappa shape index (κ1) is 21.5. The van der Waals surface area contributed by atoms with Crippen molar-refractivity contribution in [2.24, 2.45) is 0 Å². The molecular formula is C22H18ClFN2O3S. The summed E-state index contributed by atoms with van der Waals surface area (Å²) in [6.07, 6.45) is 2.82. The Balaban J connectivity index is 1.68. The van der Waals surface area contributed by atoms with Crippen LogP contribution in [0.2, 0.25) is 5.02 Å². The zero-order valence-corrected chi connectivity index (χ0v) is 17.5. The van der Waals surface area contributed by atoms with Crippen molar-refractivity contribution in [2.45, 2.75) is 11.8 Å². The highest BCUT2D eigenvalue weighted by Gasteiger charge is 2.15. The predicted octanol–water partition coefficient (Wildman–Crippen LogP) is 5.24. The van der Waals surface area contributed by atoms with Gasteiger partial charge in [0.05, 0.1) is 15.6 Å². The number of sulfonamides is 1. The SMILES string of the molecule is Cc1ccc(F)cc1NC(=O)/C=C/c1ccc(S(=O)(=O)Nc2ccccc2Cl)cc1. The van der Waals surface area contributed by atoms with Crippen LogP contribution in [0.25, 0.3) is 6.08 Å². The molecule has 0 saturated heterocycles. The molecule has 0 spiro atoms. The quantitative estimate of drug-likeness (QED) is 0.510. The molecule has 0 aromatic heterocycles. The van der Waals surface area contributed by atoms with Gasteiger partial charge in [0.2, 0.25) is 5.91 Å². The van der Waals surface area contributed by atoms with Crippen molar-refractivity contribution in [3.63, 3.8) is 0 Å². The van der Waals surface area contributed by atoms with Gasteiger partial charge >= 0.3 is 0 Å². The molecule has 0 aliphatic carbocycles. The predicted molar refractivity (Wildman–Crippen MR) is 118 cm³/mol. The van der Waals surface area contributed by atoms with Crippen LogP contribution in [0.15, 0.2) is 77.7 Å². The van der Waals surface area contributed by atoms with Crippen LogP contribution in [0, 0.1) is 12.7 Å². The standard InChI is InChI=1S/C22H18ClFN2O3S/c1-15-6-10-17(24)14-21(15)25-22(27)13-9-16-7-11-18(12-8-16)30(28,29)26-20-5-3-2-4-19(20)23/h2-14,26H,1H3,(H,25,27)/b13-9+. The lowest BCUT2D eigenvalue weighted by Gasteiger charge is -2.09. The number of halogens is 2. The van der Waals surface area contributed by atoms with E-state index in [9.17, 15) is 17.6 Å². The summed E-state index contributed by atoms with van der Waals surface area (Å²) >= 11 is 6.00. The highest BCUT2D eigenvalue weighted by molar-refractivity contribution is 7.92. The van der Waals surface area contributed by atoms with Gasteiger partial charge in [-0.1, -0.05) is 41.9 Å². The number of para-hydroxylation sites is 1. The third-order valence-corrected chi connectivity index (χ3v) is 5.90. The molecule has 0 saturated carbocycles. The molecule has 0 atom stereocenters. The molecule has 3 rings (SSSR count). The number of hydrogen-bond donors (Lipinski definition) is 2.